The van der Waals surface area contributed by atoms with Gasteiger partial charge in [-0.25, -0.2) is 9.78 Å². The first kappa shape index (κ1) is 14.0. The number of thiazole rings is 1. The Hall–Kier alpha value is -2.41. The maximum absolute atomic E-state index is 11.7. The molecule has 7 heteroatoms. The highest BCUT2D eigenvalue weighted by Crippen LogP contribution is 2.11. The summed E-state index contributed by atoms with van der Waals surface area (Å²) in [6, 6.07) is 6.37. The third-order valence-corrected chi connectivity index (χ3v) is 3.36. The van der Waals surface area contributed by atoms with Crippen molar-refractivity contribution in [2.45, 2.75) is 13.0 Å². The van der Waals surface area contributed by atoms with Crippen molar-refractivity contribution in [3.63, 3.8) is 0 Å². The molecule has 0 spiro atoms. The summed E-state index contributed by atoms with van der Waals surface area (Å²) >= 11 is 1.19. The molecule has 0 saturated heterocycles. The third-order valence-electron chi connectivity index (χ3n) is 2.51. The molecule has 6 nitrogen and oxygen atoms in total. The molecule has 104 valence electrons. The quantitative estimate of drug-likeness (QED) is 0.773. The summed E-state index contributed by atoms with van der Waals surface area (Å²) in [6.45, 7) is 0.203. The highest BCUT2D eigenvalue weighted by molar-refractivity contribution is 7.09. The van der Waals surface area contributed by atoms with E-state index >= 15 is 0 Å². The number of rotatable bonds is 5. The van der Waals surface area contributed by atoms with Crippen LogP contribution in [-0.2, 0) is 17.8 Å². The molecule has 0 saturated carbocycles. The average Bonchev–Trinajstić information content (AvgIpc) is 2.88. The van der Waals surface area contributed by atoms with Gasteiger partial charge in [0.1, 0.15) is 10.8 Å². The van der Waals surface area contributed by atoms with Crippen LogP contribution in [-0.4, -0.2) is 27.1 Å². The van der Waals surface area contributed by atoms with Crippen molar-refractivity contribution < 1.29 is 19.8 Å². The highest BCUT2D eigenvalue weighted by atomic mass is 32.1. The molecule has 1 aromatic carbocycles. The van der Waals surface area contributed by atoms with Gasteiger partial charge in [-0.05, 0) is 17.7 Å². The number of amides is 1. The van der Waals surface area contributed by atoms with Gasteiger partial charge in [0.05, 0.1) is 13.0 Å². The Balaban J connectivity index is 1.85. The predicted molar refractivity (Wildman–Crippen MR) is 72.7 cm³/mol. The first-order valence-corrected chi connectivity index (χ1v) is 6.65. The molecule has 0 bridgehead atoms. The van der Waals surface area contributed by atoms with Crippen LogP contribution >= 0.6 is 11.3 Å². The minimum absolute atomic E-state index is 0.0159. The number of carboxylic acids is 1. The Kier molecular flexibility index (Phi) is 4.31. The molecule has 1 aromatic heterocycles. The Morgan fingerprint density at radius 3 is 2.55 bits per heavy atom. The number of carbonyl (C=O) groups excluding carboxylic acids is 1. The van der Waals surface area contributed by atoms with Crippen LogP contribution in [0.5, 0.6) is 5.75 Å². The summed E-state index contributed by atoms with van der Waals surface area (Å²) in [7, 11) is 0. The first-order valence-electron chi connectivity index (χ1n) is 5.77. The molecule has 0 fully saturated rings. The van der Waals surface area contributed by atoms with E-state index in [1.54, 1.807) is 12.1 Å². The maximum Gasteiger partial charge on any atom is 0.355 e. The number of benzene rings is 1. The monoisotopic (exact) mass is 292 g/mol. The van der Waals surface area contributed by atoms with Crippen molar-refractivity contribution in [2.24, 2.45) is 0 Å². The van der Waals surface area contributed by atoms with Gasteiger partial charge in [-0.1, -0.05) is 12.1 Å². The second-order valence-corrected chi connectivity index (χ2v) is 4.99. The van der Waals surface area contributed by atoms with Crippen LogP contribution in [0.25, 0.3) is 0 Å². The van der Waals surface area contributed by atoms with Crippen molar-refractivity contribution >= 4 is 23.2 Å². The van der Waals surface area contributed by atoms with Gasteiger partial charge in [0.15, 0.2) is 5.69 Å². The summed E-state index contributed by atoms with van der Waals surface area (Å²) in [5.41, 5.74) is 0.767. The second kappa shape index (κ2) is 6.16. The van der Waals surface area contributed by atoms with Gasteiger partial charge in [-0.2, -0.15) is 0 Å². The van der Waals surface area contributed by atoms with Gasteiger partial charge in [-0.3, -0.25) is 4.79 Å². The molecule has 3 N–H and O–H groups in total. The first-order chi connectivity index (χ1) is 9.54. The Morgan fingerprint density at radius 1 is 1.25 bits per heavy atom. The molecular weight excluding hydrogens is 280 g/mol. The maximum atomic E-state index is 11.7. The SMILES string of the molecule is O=C(Cc1ccc(O)cc1)NCc1nc(C(=O)O)cs1. The van der Waals surface area contributed by atoms with E-state index in [0.29, 0.717) is 5.01 Å². The fourth-order valence-electron chi connectivity index (χ4n) is 1.53. The molecule has 0 radical (unpaired) electrons. The van der Waals surface area contributed by atoms with Gasteiger partial charge in [-0.15, -0.1) is 11.3 Å². The van der Waals surface area contributed by atoms with Crippen molar-refractivity contribution in [3.05, 3.63) is 45.9 Å². The van der Waals surface area contributed by atoms with E-state index in [1.807, 2.05) is 0 Å². The smallest absolute Gasteiger partial charge is 0.355 e. The topological polar surface area (TPSA) is 99.5 Å². The van der Waals surface area contributed by atoms with Crippen LogP contribution in [0.4, 0.5) is 0 Å². The Bertz CT molecular complexity index is 622. The number of aromatic nitrogens is 1. The van der Waals surface area contributed by atoms with Crippen molar-refractivity contribution in [2.75, 3.05) is 0 Å². The van der Waals surface area contributed by atoms with Gasteiger partial charge in [0, 0.05) is 5.38 Å². The fraction of sp³-hybridized carbons (Fsp3) is 0.154. The summed E-state index contributed by atoms with van der Waals surface area (Å²) in [5.74, 6) is -1.12. The zero-order valence-electron chi connectivity index (χ0n) is 10.4. The molecule has 0 aliphatic carbocycles. The molecule has 2 aromatic rings. The Morgan fingerprint density at radius 2 is 1.95 bits per heavy atom. The molecule has 0 aliphatic heterocycles. The molecule has 1 amide bonds. The lowest BCUT2D eigenvalue weighted by atomic mass is 10.1. The van der Waals surface area contributed by atoms with Crippen LogP contribution in [0, 0.1) is 0 Å². The number of carboxylic acid groups (broad SMARTS) is 1. The van der Waals surface area contributed by atoms with Crippen LogP contribution in [0.3, 0.4) is 0 Å². The molecule has 20 heavy (non-hydrogen) atoms. The van der Waals surface area contributed by atoms with Crippen LogP contribution in [0.15, 0.2) is 29.6 Å². The zero-order chi connectivity index (χ0) is 14.5. The molecule has 1 heterocycles. The lowest BCUT2D eigenvalue weighted by Crippen LogP contribution is -2.24. The molecule has 0 unspecified atom stereocenters. The normalized spacial score (nSPS) is 10.2. The van der Waals surface area contributed by atoms with Gasteiger partial charge >= 0.3 is 5.97 Å². The standard InChI is InChI=1S/C13H12N2O4S/c16-9-3-1-8(2-4-9)5-11(17)14-6-12-15-10(7-20-12)13(18)19/h1-4,7,16H,5-6H2,(H,14,17)(H,18,19). The van der Waals surface area contributed by atoms with Crippen LogP contribution in [0.1, 0.15) is 21.1 Å². The third kappa shape index (κ3) is 3.79. The molecule has 2 rings (SSSR count). The van der Waals surface area contributed by atoms with Crippen LogP contribution in [0.2, 0.25) is 0 Å². The average molecular weight is 292 g/mol. The summed E-state index contributed by atoms with van der Waals surface area (Å²) in [4.78, 5) is 26.2. The number of carbonyl (C=O) groups is 2. The van der Waals surface area contributed by atoms with E-state index in [9.17, 15) is 9.59 Å². The van der Waals surface area contributed by atoms with Crippen molar-refractivity contribution in [1.29, 1.82) is 0 Å². The number of aromatic hydroxyl groups is 1. The number of phenolic OH excluding ortho intramolecular Hbond substituents is 1. The molecule has 0 atom stereocenters. The lowest BCUT2D eigenvalue weighted by Gasteiger charge is -2.03. The number of hydrogen-bond acceptors (Lipinski definition) is 5. The van der Waals surface area contributed by atoms with E-state index in [2.05, 4.69) is 10.3 Å². The van der Waals surface area contributed by atoms with Crippen molar-refractivity contribution in [1.82, 2.24) is 10.3 Å². The second-order valence-electron chi connectivity index (χ2n) is 4.05. The summed E-state index contributed by atoms with van der Waals surface area (Å²) < 4.78 is 0. The largest absolute Gasteiger partial charge is 0.508 e. The number of nitrogens with zero attached hydrogens (tertiary/aromatic N) is 1. The number of nitrogens with one attached hydrogen (secondary N) is 1. The lowest BCUT2D eigenvalue weighted by molar-refractivity contribution is -0.120. The van der Waals surface area contributed by atoms with Crippen LogP contribution < -0.4 is 5.32 Å². The Labute approximate surface area is 118 Å². The number of aromatic carboxylic acids is 1. The van der Waals surface area contributed by atoms with Gasteiger partial charge in [0.25, 0.3) is 0 Å². The fourth-order valence-corrected chi connectivity index (χ4v) is 2.23. The molecule has 0 aliphatic rings. The number of phenols is 1. The zero-order valence-corrected chi connectivity index (χ0v) is 11.2. The molecular formula is C13H12N2O4S. The van der Waals surface area contributed by atoms with Crippen molar-refractivity contribution in [3.8, 4) is 5.75 Å². The van der Waals surface area contributed by atoms with E-state index in [1.165, 1.54) is 28.8 Å². The van der Waals surface area contributed by atoms with E-state index in [-0.39, 0.29) is 30.3 Å². The summed E-state index contributed by atoms with van der Waals surface area (Å²) in [5, 5.41) is 22.5. The van der Waals surface area contributed by atoms with E-state index in [4.69, 9.17) is 10.2 Å². The number of hydrogen-bond donors (Lipinski definition) is 3. The van der Waals surface area contributed by atoms with Gasteiger partial charge in [0.2, 0.25) is 5.91 Å². The minimum atomic E-state index is -1.08. The predicted octanol–water partition coefficient (Wildman–Crippen LogP) is 1.41. The highest BCUT2D eigenvalue weighted by Gasteiger charge is 2.09. The van der Waals surface area contributed by atoms with E-state index < -0.39 is 5.97 Å². The summed E-state index contributed by atoms with van der Waals surface area (Å²) in [6.07, 6.45) is 0.192. The van der Waals surface area contributed by atoms with E-state index in [0.717, 1.165) is 5.56 Å². The van der Waals surface area contributed by atoms with Gasteiger partial charge < -0.3 is 15.5 Å². The minimum Gasteiger partial charge on any atom is -0.508 e.